The molecule has 0 N–H and O–H groups in total. The minimum Gasteiger partial charge on any atom is -0.493 e. The molecule has 1 aromatic heterocycles. The molecule has 2 aromatic rings. The quantitative estimate of drug-likeness (QED) is 0.608. The molecule has 96 valence electrons. The molecule has 0 atom stereocenters. The first-order valence-corrected chi connectivity index (χ1v) is 7.38. The first-order valence-electron chi connectivity index (χ1n) is 5.60. The van der Waals surface area contributed by atoms with Crippen molar-refractivity contribution in [2.45, 2.75) is 19.1 Å². The van der Waals surface area contributed by atoms with Crippen molar-refractivity contribution < 1.29 is 9.15 Å². The molecule has 0 unspecified atom stereocenters. The molecule has 0 radical (unpaired) electrons. The van der Waals surface area contributed by atoms with Gasteiger partial charge in [-0.2, -0.15) is 0 Å². The van der Waals surface area contributed by atoms with Crippen LogP contribution in [0.1, 0.15) is 11.5 Å². The SMILES string of the molecule is Cc1nc(SCCOc2cccc(Br)c2)oc1C. The van der Waals surface area contributed by atoms with Crippen molar-refractivity contribution in [3.63, 3.8) is 0 Å². The molecule has 0 fully saturated rings. The largest absolute Gasteiger partial charge is 0.493 e. The van der Waals surface area contributed by atoms with Crippen LogP contribution in [0.2, 0.25) is 0 Å². The van der Waals surface area contributed by atoms with Crippen LogP contribution in [0.5, 0.6) is 5.75 Å². The Morgan fingerprint density at radius 1 is 1.39 bits per heavy atom. The molecule has 0 saturated heterocycles. The van der Waals surface area contributed by atoms with Crippen LogP contribution >= 0.6 is 27.7 Å². The Morgan fingerprint density at radius 3 is 2.89 bits per heavy atom. The molecular weight excluding hydrogens is 314 g/mol. The van der Waals surface area contributed by atoms with E-state index in [4.69, 9.17) is 9.15 Å². The number of aryl methyl sites for hydroxylation is 2. The molecule has 1 aromatic carbocycles. The molecule has 5 heteroatoms. The molecule has 3 nitrogen and oxygen atoms in total. The van der Waals surface area contributed by atoms with E-state index in [1.54, 1.807) is 11.8 Å². The van der Waals surface area contributed by atoms with Gasteiger partial charge in [0.1, 0.15) is 11.5 Å². The highest BCUT2D eigenvalue weighted by molar-refractivity contribution is 9.10. The standard InChI is InChI=1S/C13H14BrNO2S/c1-9-10(2)17-13(15-9)18-7-6-16-12-5-3-4-11(14)8-12/h3-5,8H,6-7H2,1-2H3. The van der Waals surface area contributed by atoms with Gasteiger partial charge in [-0.15, -0.1) is 0 Å². The second-order valence-corrected chi connectivity index (χ2v) is 5.74. The lowest BCUT2D eigenvalue weighted by atomic mass is 10.3. The molecule has 0 bridgehead atoms. The van der Waals surface area contributed by atoms with Gasteiger partial charge in [-0.05, 0) is 32.0 Å². The van der Waals surface area contributed by atoms with Crippen molar-refractivity contribution in [3.05, 3.63) is 40.2 Å². The third-order valence-corrected chi connectivity index (χ3v) is 3.67. The highest BCUT2D eigenvalue weighted by Crippen LogP contribution is 2.21. The first-order chi connectivity index (χ1) is 8.65. The summed E-state index contributed by atoms with van der Waals surface area (Å²) in [7, 11) is 0. The summed E-state index contributed by atoms with van der Waals surface area (Å²) >= 11 is 4.97. The van der Waals surface area contributed by atoms with E-state index in [0.29, 0.717) is 11.8 Å². The van der Waals surface area contributed by atoms with Gasteiger partial charge in [0.2, 0.25) is 0 Å². The lowest BCUT2D eigenvalue weighted by molar-refractivity contribution is 0.342. The summed E-state index contributed by atoms with van der Waals surface area (Å²) in [4.78, 5) is 4.30. The van der Waals surface area contributed by atoms with Crippen molar-refractivity contribution in [1.29, 1.82) is 0 Å². The second-order valence-electron chi connectivity index (χ2n) is 3.78. The average molecular weight is 328 g/mol. The van der Waals surface area contributed by atoms with Crippen LogP contribution in [-0.2, 0) is 0 Å². The second kappa shape index (κ2) is 6.29. The van der Waals surface area contributed by atoms with Crippen LogP contribution in [0.3, 0.4) is 0 Å². The average Bonchev–Trinajstić information content (AvgIpc) is 2.65. The Morgan fingerprint density at radius 2 is 2.22 bits per heavy atom. The van der Waals surface area contributed by atoms with Crippen LogP contribution in [0.25, 0.3) is 0 Å². The minimum absolute atomic E-state index is 0.627. The molecule has 0 saturated carbocycles. The van der Waals surface area contributed by atoms with Gasteiger partial charge in [-0.25, -0.2) is 4.98 Å². The summed E-state index contributed by atoms with van der Waals surface area (Å²) in [6.07, 6.45) is 0. The number of hydrogen-bond donors (Lipinski definition) is 0. The van der Waals surface area contributed by atoms with Gasteiger partial charge in [0, 0.05) is 10.2 Å². The van der Waals surface area contributed by atoms with Gasteiger partial charge in [-0.3, -0.25) is 0 Å². The Kier molecular flexibility index (Phi) is 4.72. The zero-order valence-corrected chi connectivity index (χ0v) is 12.7. The summed E-state index contributed by atoms with van der Waals surface area (Å²) in [6.45, 7) is 4.49. The number of rotatable bonds is 5. The molecular formula is C13H14BrNO2S. The van der Waals surface area contributed by atoms with E-state index in [2.05, 4.69) is 20.9 Å². The smallest absolute Gasteiger partial charge is 0.256 e. The van der Waals surface area contributed by atoms with Crippen LogP contribution in [0.15, 0.2) is 38.4 Å². The van der Waals surface area contributed by atoms with Gasteiger partial charge in [0.25, 0.3) is 5.22 Å². The fourth-order valence-corrected chi connectivity index (χ4v) is 2.46. The maximum atomic E-state index is 5.63. The summed E-state index contributed by atoms with van der Waals surface area (Å²) in [5.41, 5.74) is 0.949. The van der Waals surface area contributed by atoms with E-state index in [1.165, 1.54) is 0 Å². The number of nitrogens with zero attached hydrogens (tertiary/aromatic N) is 1. The molecule has 0 amide bonds. The topological polar surface area (TPSA) is 35.3 Å². The van der Waals surface area contributed by atoms with E-state index in [0.717, 1.165) is 27.4 Å². The van der Waals surface area contributed by atoms with Crippen molar-refractivity contribution in [2.75, 3.05) is 12.4 Å². The number of aromatic nitrogens is 1. The van der Waals surface area contributed by atoms with E-state index < -0.39 is 0 Å². The summed E-state index contributed by atoms with van der Waals surface area (Å²) in [5.74, 6) is 2.56. The van der Waals surface area contributed by atoms with Crippen molar-refractivity contribution in [1.82, 2.24) is 4.98 Å². The Hall–Kier alpha value is -0.940. The molecule has 1 heterocycles. The maximum Gasteiger partial charge on any atom is 0.256 e. The van der Waals surface area contributed by atoms with E-state index in [9.17, 15) is 0 Å². The van der Waals surface area contributed by atoms with Crippen molar-refractivity contribution in [2.24, 2.45) is 0 Å². The summed E-state index contributed by atoms with van der Waals surface area (Å²) in [5, 5.41) is 0.711. The van der Waals surface area contributed by atoms with Crippen molar-refractivity contribution >= 4 is 27.7 Å². The molecule has 18 heavy (non-hydrogen) atoms. The predicted molar refractivity (Wildman–Crippen MR) is 76.3 cm³/mol. The Labute approximate surface area is 119 Å². The zero-order valence-electron chi connectivity index (χ0n) is 10.3. The molecule has 2 rings (SSSR count). The van der Waals surface area contributed by atoms with E-state index in [-0.39, 0.29) is 0 Å². The molecule has 0 aliphatic heterocycles. The first kappa shape index (κ1) is 13.5. The zero-order chi connectivity index (χ0) is 13.0. The third kappa shape index (κ3) is 3.78. The highest BCUT2D eigenvalue weighted by atomic mass is 79.9. The molecule has 0 aliphatic rings. The van der Waals surface area contributed by atoms with Crippen LogP contribution in [0, 0.1) is 13.8 Å². The monoisotopic (exact) mass is 327 g/mol. The fraction of sp³-hybridized carbons (Fsp3) is 0.308. The van der Waals surface area contributed by atoms with Crippen LogP contribution in [0.4, 0.5) is 0 Å². The van der Waals surface area contributed by atoms with Crippen LogP contribution < -0.4 is 4.74 Å². The number of halogens is 1. The van der Waals surface area contributed by atoms with Crippen molar-refractivity contribution in [3.8, 4) is 5.75 Å². The lowest BCUT2D eigenvalue weighted by Gasteiger charge is -2.04. The minimum atomic E-state index is 0.627. The van der Waals surface area contributed by atoms with Crippen LogP contribution in [-0.4, -0.2) is 17.3 Å². The predicted octanol–water partition coefficient (Wildman–Crippen LogP) is 4.23. The highest BCUT2D eigenvalue weighted by Gasteiger charge is 2.05. The number of hydrogen-bond acceptors (Lipinski definition) is 4. The molecule has 0 aliphatic carbocycles. The number of benzene rings is 1. The van der Waals surface area contributed by atoms with Gasteiger partial charge in [0.05, 0.1) is 12.3 Å². The van der Waals surface area contributed by atoms with Gasteiger partial charge < -0.3 is 9.15 Å². The van der Waals surface area contributed by atoms with Gasteiger partial charge in [-0.1, -0.05) is 33.8 Å². The summed E-state index contributed by atoms with van der Waals surface area (Å²) in [6, 6.07) is 7.81. The fourth-order valence-electron chi connectivity index (χ4n) is 1.35. The summed E-state index contributed by atoms with van der Waals surface area (Å²) < 4.78 is 12.1. The van der Waals surface area contributed by atoms with E-state index in [1.807, 2.05) is 38.1 Å². The number of thioether (sulfide) groups is 1. The van der Waals surface area contributed by atoms with E-state index >= 15 is 0 Å². The Balaban J connectivity index is 1.76. The number of oxazole rings is 1. The van der Waals surface area contributed by atoms with Gasteiger partial charge in [0.15, 0.2) is 0 Å². The number of ether oxygens (including phenoxy) is 1. The Bertz CT molecular complexity index is 508. The van der Waals surface area contributed by atoms with Gasteiger partial charge >= 0.3 is 0 Å². The molecule has 0 spiro atoms. The normalized spacial score (nSPS) is 10.6. The third-order valence-electron chi connectivity index (χ3n) is 2.38. The lowest BCUT2D eigenvalue weighted by Crippen LogP contribution is -1.99. The maximum absolute atomic E-state index is 5.63.